The van der Waals surface area contributed by atoms with Crippen LogP contribution in [0, 0.1) is 5.92 Å². The van der Waals surface area contributed by atoms with Gasteiger partial charge in [0.15, 0.2) is 0 Å². The molecule has 6 nitrogen and oxygen atoms in total. The number of ether oxygens (including phenoxy) is 1. The topological polar surface area (TPSA) is 83.9 Å². The van der Waals surface area contributed by atoms with Gasteiger partial charge in [0.2, 0.25) is 10.0 Å². The van der Waals surface area contributed by atoms with Crippen LogP contribution in [0.2, 0.25) is 0 Å². The third-order valence-electron chi connectivity index (χ3n) is 3.37. The summed E-state index contributed by atoms with van der Waals surface area (Å²) in [5.74, 6) is -0.0703. The molecule has 0 aliphatic heterocycles. The molecule has 1 atom stereocenters. The van der Waals surface area contributed by atoms with E-state index in [2.05, 4.69) is 13.8 Å². The summed E-state index contributed by atoms with van der Waals surface area (Å²) in [6.07, 6.45) is 0.916. The van der Waals surface area contributed by atoms with Gasteiger partial charge in [-0.05, 0) is 43.5 Å². The highest BCUT2D eigenvalue weighted by atomic mass is 32.2. The van der Waals surface area contributed by atoms with Crippen LogP contribution in [0.1, 0.15) is 27.2 Å². The van der Waals surface area contributed by atoms with E-state index >= 15 is 0 Å². The Hall–Kier alpha value is -1.60. The number of carboxylic acids is 1. The fraction of sp³-hybridized carbons (Fsp3) is 0.533. The molecule has 1 N–H and O–H groups in total. The summed E-state index contributed by atoms with van der Waals surface area (Å²) in [5, 5.41) is 8.92. The molecule has 0 radical (unpaired) electrons. The van der Waals surface area contributed by atoms with Crippen LogP contribution in [0.5, 0.6) is 5.75 Å². The smallest absolute Gasteiger partial charge is 0.321 e. The molecular formula is C15H23NO5S. The van der Waals surface area contributed by atoms with Crippen molar-refractivity contribution in [3.05, 3.63) is 24.3 Å². The summed E-state index contributed by atoms with van der Waals surface area (Å²) >= 11 is 0. The largest absolute Gasteiger partial charge is 0.494 e. The molecule has 0 heterocycles. The number of likely N-dealkylation sites (N-methyl/N-ethyl adjacent to an activating group) is 1. The van der Waals surface area contributed by atoms with E-state index in [-0.39, 0.29) is 4.90 Å². The van der Waals surface area contributed by atoms with Crippen molar-refractivity contribution in [3.63, 3.8) is 0 Å². The number of rotatable bonds is 8. The van der Waals surface area contributed by atoms with Crippen LogP contribution in [-0.4, -0.2) is 43.5 Å². The predicted molar refractivity (Wildman–Crippen MR) is 83.4 cm³/mol. The molecule has 0 amide bonds. The zero-order valence-corrected chi connectivity index (χ0v) is 14.1. The first-order valence-corrected chi connectivity index (χ1v) is 8.54. The van der Waals surface area contributed by atoms with E-state index in [1.165, 1.54) is 26.1 Å². The fourth-order valence-corrected chi connectivity index (χ4v) is 2.97. The molecule has 7 heteroatoms. The van der Waals surface area contributed by atoms with Crippen LogP contribution in [0.15, 0.2) is 29.2 Å². The number of hydrogen-bond acceptors (Lipinski definition) is 4. The van der Waals surface area contributed by atoms with Gasteiger partial charge in [-0.1, -0.05) is 13.8 Å². The van der Waals surface area contributed by atoms with Gasteiger partial charge in [-0.15, -0.1) is 0 Å². The van der Waals surface area contributed by atoms with Crippen molar-refractivity contribution in [3.8, 4) is 5.75 Å². The Morgan fingerprint density at radius 3 is 2.23 bits per heavy atom. The van der Waals surface area contributed by atoms with E-state index in [1.54, 1.807) is 12.1 Å². The normalized spacial score (nSPS) is 13.4. The Bertz CT molecular complexity index is 595. The number of nitrogens with zero attached hydrogens (tertiary/aromatic N) is 1. The van der Waals surface area contributed by atoms with Gasteiger partial charge in [0.05, 0.1) is 11.5 Å². The number of aliphatic carboxylic acids is 1. The number of carboxylic acid groups (broad SMARTS) is 1. The lowest BCUT2D eigenvalue weighted by atomic mass is 10.1. The molecule has 1 rings (SSSR count). The number of benzene rings is 1. The van der Waals surface area contributed by atoms with Gasteiger partial charge in [-0.3, -0.25) is 4.79 Å². The second kappa shape index (κ2) is 7.60. The van der Waals surface area contributed by atoms with Gasteiger partial charge in [0, 0.05) is 7.05 Å². The van der Waals surface area contributed by atoms with Crippen molar-refractivity contribution in [1.29, 1.82) is 0 Å². The van der Waals surface area contributed by atoms with E-state index in [1.807, 2.05) is 0 Å². The first kappa shape index (κ1) is 18.4. The van der Waals surface area contributed by atoms with Crippen molar-refractivity contribution in [2.45, 2.75) is 38.1 Å². The van der Waals surface area contributed by atoms with Crippen LogP contribution in [-0.2, 0) is 14.8 Å². The molecule has 0 bridgehead atoms. The molecule has 0 fully saturated rings. The average molecular weight is 329 g/mol. The molecule has 1 aromatic rings. The summed E-state index contributed by atoms with van der Waals surface area (Å²) in [4.78, 5) is 11.0. The summed E-state index contributed by atoms with van der Waals surface area (Å²) in [6, 6.07) is 4.86. The third kappa shape index (κ3) is 4.71. The van der Waals surface area contributed by atoms with Crippen LogP contribution in [0.3, 0.4) is 0 Å². The fourth-order valence-electron chi connectivity index (χ4n) is 1.65. The summed E-state index contributed by atoms with van der Waals surface area (Å²) < 4.78 is 31.0. The van der Waals surface area contributed by atoms with Crippen LogP contribution in [0.4, 0.5) is 0 Å². The van der Waals surface area contributed by atoms with Crippen LogP contribution < -0.4 is 4.74 Å². The van der Waals surface area contributed by atoms with Gasteiger partial charge >= 0.3 is 5.97 Å². The zero-order valence-electron chi connectivity index (χ0n) is 13.3. The minimum absolute atomic E-state index is 0.0410. The molecule has 0 saturated heterocycles. The highest BCUT2D eigenvalue weighted by Crippen LogP contribution is 2.20. The summed E-state index contributed by atoms with van der Waals surface area (Å²) in [5.41, 5.74) is 0. The second-order valence-corrected chi connectivity index (χ2v) is 7.54. The maximum Gasteiger partial charge on any atom is 0.321 e. The molecule has 0 aromatic heterocycles. The van der Waals surface area contributed by atoms with E-state index in [0.29, 0.717) is 18.3 Å². The van der Waals surface area contributed by atoms with Crippen molar-refractivity contribution < 1.29 is 23.1 Å². The Labute approximate surface area is 131 Å². The molecule has 0 spiro atoms. The van der Waals surface area contributed by atoms with Gasteiger partial charge < -0.3 is 9.84 Å². The lowest BCUT2D eigenvalue weighted by molar-refractivity contribution is -0.140. The van der Waals surface area contributed by atoms with Gasteiger partial charge in [-0.25, -0.2) is 8.42 Å². The lowest BCUT2D eigenvalue weighted by Gasteiger charge is -2.21. The summed E-state index contributed by atoms with van der Waals surface area (Å²) in [6.45, 7) is 6.08. The number of carbonyl (C=O) groups is 1. The van der Waals surface area contributed by atoms with E-state index in [9.17, 15) is 13.2 Å². The molecule has 1 unspecified atom stereocenters. The maximum atomic E-state index is 12.3. The van der Waals surface area contributed by atoms with Crippen molar-refractivity contribution in [1.82, 2.24) is 4.31 Å². The monoisotopic (exact) mass is 329 g/mol. The average Bonchev–Trinajstić information content (AvgIpc) is 2.45. The van der Waals surface area contributed by atoms with Crippen LogP contribution in [0.25, 0.3) is 0 Å². The Balaban J connectivity index is 2.82. The highest BCUT2D eigenvalue weighted by molar-refractivity contribution is 7.89. The molecule has 0 aliphatic carbocycles. The summed E-state index contributed by atoms with van der Waals surface area (Å²) in [7, 11) is -2.59. The molecule has 0 saturated carbocycles. The SMILES string of the molecule is CC(C)CCOc1ccc(S(=O)(=O)N(C)C(C)C(=O)O)cc1. The molecule has 124 valence electrons. The maximum absolute atomic E-state index is 12.3. The van der Waals surface area contributed by atoms with Crippen molar-refractivity contribution in [2.24, 2.45) is 5.92 Å². The van der Waals surface area contributed by atoms with Crippen molar-refractivity contribution in [2.75, 3.05) is 13.7 Å². The first-order chi connectivity index (χ1) is 10.2. The highest BCUT2D eigenvalue weighted by Gasteiger charge is 2.29. The number of hydrogen-bond donors (Lipinski definition) is 1. The van der Waals surface area contributed by atoms with E-state index < -0.39 is 22.0 Å². The Morgan fingerprint density at radius 2 is 1.77 bits per heavy atom. The number of sulfonamides is 1. The molecule has 1 aromatic carbocycles. The van der Waals surface area contributed by atoms with E-state index in [0.717, 1.165) is 10.7 Å². The zero-order chi connectivity index (χ0) is 16.9. The van der Waals surface area contributed by atoms with Gasteiger partial charge in [0.25, 0.3) is 0 Å². The van der Waals surface area contributed by atoms with Crippen molar-refractivity contribution >= 4 is 16.0 Å². The van der Waals surface area contributed by atoms with E-state index in [4.69, 9.17) is 9.84 Å². The molecule has 0 aliphatic rings. The Kier molecular flexibility index (Phi) is 6.37. The predicted octanol–water partition coefficient (Wildman–Crippen LogP) is 2.21. The second-order valence-electron chi connectivity index (χ2n) is 5.54. The first-order valence-electron chi connectivity index (χ1n) is 7.10. The minimum atomic E-state index is -3.84. The van der Waals surface area contributed by atoms with Crippen LogP contribution >= 0.6 is 0 Å². The third-order valence-corrected chi connectivity index (χ3v) is 5.31. The van der Waals surface area contributed by atoms with Gasteiger partial charge in [-0.2, -0.15) is 4.31 Å². The molecule has 22 heavy (non-hydrogen) atoms. The van der Waals surface area contributed by atoms with Gasteiger partial charge in [0.1, 0.15) is 11.8 Å². The standard InChI is InChI=1S/C15H23NO5S/c1-11(2)9-10-21-13-5-7-14(8-6-13)22(19,20)16(4)12(3)15(17)18/h5-8,11-12H,9-10H2,1-4H3,(H,17,18). The Morgan fingerprint density at radius 1 is 1.23 bits per heavy atom. The molecular weight excluding hydrogens is 306 g/mol. The minimum Gasteiger partial charge on any atom is -0.494 e. The lowest BCUT2D eigenvalue weighted by Crippen LogP contribution is -2.40. The quantitative estimate of drug-likeness (QED) is 0.790.